The van der Waals surface area contributed by atoms with Crippen molar-refractivity contribution in [2.24, 2.45) is 5.92 Å². The summed E-state index contributed by atoms with van der Waals surface area (Å²) in [6.45, 7) is 9.19. The lowest BCUT2D eigenvalue weighted by molar-refractivity contribution is 0.0501. The van der Waals surface area contributed by atoms with Gasteiger partial charge in [0.05, 0.1) is 36.7 Å². The molecule has 1 saturated carbocycles. The Bertz CT molecular complexity index is 1200. The average molecular weight is 530 g/mol. The summed E-state index contributed by atoms with van der Waals surface area (Å²) >= 11 is 0. The van der Waals surface area contributed by atoms with Crippen molar-refractivity contribution in [2.75, 3.05) is 41.8 Å². The van der Waals surface area contributed by atoms with Crippen LogP contribution in [0.3, 0.4) is 0 Å². The number of pyridine rings is 2. The van der Waals surface area contributed by atoms with E-state index in [1.54, 1.807) is 25.7 Å². The first-order valence-corrected chi connectivity index (χ1v) is 12.7. The van der Waals surface area contributed by atoms with Gasteiger partial charge in [-0.05, 0) is 52.5 Å². The Morgan fingerprint density at radius 3 is 2.53 bits per heavy atom. The van der Waals surface area contributed by atoms with Crippen LogP contribution in [0.4, 0.5) is 36.7 Å². The lowest BCUT2D eigenvalue weighted by Gasteiger charge is -2.28. The summed E-state index contributed by atoms with van der Waals surface area (Å²) in [5.41, 5.74) is -0.434. The van der Waals surface area contributed by atoms with Crippen LogP contribution in [0.5, 0.6) is 0 Å². The molecule has 10 nitrogen and oxygen atoms in total. The minimum atomic E-state index is -0.714. The molecule has 12 heteroatoms. The Morgan fingerprint density at radius 1 is 1.21 bits per heavy atom. The first kappa shape index (κ1) is 27.3. The number of rotatable bonds is 8. The molecule has 2 aromatic rings. The molecule has 0 bridgehead atoms. The summed E-state index contributed by atoms with van der Waals surface area (Å²) in [6, 6.07) is 3.53. The van der Waals surface area contributed by atoms with Crippen LogP contribution in [-0.4, -0.2) is 60.0 Å². The van der Waals surface area contributed by atoms with Crippen LogP contribution in [0.1, 0.15) is 46.1 Å². The molecule has 2 aliphatic rings. The molecular formula is C26H33F2N7O3. The van der Waals surface area contributed by atoms with Crippen LogP contribution in [0.15, 0.2) is 18.3 Å². The summed E-state index contributed by atoms with van der Waals surface area (Å²) in [5.74, 6) is -0.855. The number of carbonyl (C=O) groups is 1. The van der Waals surface area contributed by atoms with Gasteiger partial charge in [-0.25, -0.2) is 23.5 Å². The normalized spacial score (nSPS) is 17.2. The summed E-state index contributed by atoms with van der Waals surface area (Å²) in [6.07, 6.45) is 2.71. The monoisotopic (exact) mass is 529 g/mol. The van der Waals surface area contributed by atoms with Gasteiger partial charge < -0.3 is 30.3 Å². The van der Waals surface area contributed by atoms with Crippen molar-refractivity contribution in [1.29, 1.82) is 5.26 Å². The Morgan fingerprint density at radius 2 is 1.92 bits per heavy atom. The van der Waals surface area contributed by atoms with Gasteiger partial charge >= 0.3 is 6.09 Å². The molecule has 1 amide bonds. The smallest absolute Gasteiger partial charge is 0.407 e. The van der Waals surface area contributed by atoms with Crippen LogP contribution >= 0.6 is 0 Å². The lowest BCUT2D eigenvalue weighted by Crippen LogP contribution is -2.47. The standard InChI is InChI=1S/C26H33F2N7O3/c1-15(31-25(36)38-26(2,3)4)21(16-5-6-16)33-23-19(27)11-17(13-29)22(34-23)32-18-12-20(28)24(30-14-18)35-7-9-37-10-8-35/h11-12,14-16,21H,5-10H2,1-4H3,(H,31,36)(H2,32,33,34)/t15-,21-/m0/s1. The lowest BCUT2D eigenvalue weighted by atomic mass is 10.0. The molecule has 2 aromatic heterocycles. The van der Waals surface area contributed by atoms with Gasteiger partial charge in [-0.3, -0.25) is 0 Å². The largest absolute Gasteiger partial charge is 0.444 e. The molecule has 1 aliphatic carbocycles. The number of nitrogens with zero attached hydrogens (tertiary/aromatic N) is 4. The number of aromatic nitrogens is 2. The van der Waals surface area contributed by atoms with Gasteiger partial charge in [0.2, 0.25) is 0 Å². The zero-order valence-corrected chi connectivity index (χ0v) is 22.0. The predicted molar refractivity (Wildman–Crippen MR) is 138 cm³/mol. The predicted octanol–water partition coefficient (Wildman–Crippen LogP) is 4.31. The number of anilines is 4. The van der Waals surface area contributed by atoms with E-state index in [1.807, 2.05) is 13.0 Å². The van der Waals surface area contributed by atoms with E-state index in [2.05, 4.69) is 25.9 Å². The van der Waals surface area contributed by atoms with Crippen LogP contribution in [0, 0.1) is 28.9 Å². The summed E-state index contributed by atoms with van der Waals surface area (Å²) < 4.78 is 40.5. The number of nitriles is 1. The molecule has 2 atom stereocenters. The van der Waals surface area contributed by atoms with Crippen molar-refractivity contribution in [1.82, 2.24) is 15.3 Å². The third-order valence-corrected chi connectivity index (χ3v) is 6.21. The number of amides is 1. The van der Waals surface area contributed by atoms with E-state index < -0.39 is 29.4 Å². The molecule has 0 spiro atoms. The molecule has 3 N–H and O–H groups in total. The molecular weight excluding hydrogens is 496 g/mol. The highest BCUT2D eigenvalue weighted by Gasteiger charge is 2.37. The summed E-state index contributed by atoms with van der Waals surface area (Å²) in [5, 5.41) is 18.4. The van der Waals surface area contributed by atoms with E-state index >= 15 is 0 Å². The van der Waals surface area contributed by atoms with Crippen molar-refractivity contribution in [3.8, 4) is 6.07 Å². The maximum Gasteiger partial charge on any atom is 0.407 e. The van der Waals surface area contributed by atoms with Gasteiger partial charge in [-0.15, -0.1) is 0 Å². The van der Waals surface area contributed by atoms with Gasteiger partial charge in [-0.1, -0.05) is 0 Å². The molecule has 38 heavy (non-hydrogen) atoms. The third kappa shape index (κ3) is 6.98. The topological polar surface area (TPSA) is 124 Å². The van der Waals surface area contributed by atoms with E-state index in [4.69, 9.17) is 9.47 Å². The molecule has 1 aliphatic heterocycles. The number of morpholine rings is 1. The first-order chi connectivity index (χ1) is 18.0. The first-order valence-electron chi connectivity index (χ1n) is 12.7. The van der Waals surface area contributed by atoms with Gasteiger partial charge in [0.25, 0.3) is 0 Å². The Labute approximate surface area is 220 Å². The van der Waals surface area contributed by atoms with Gasteiger partial charge in [-0.2, -0.15) is 5.26 Å². The maximum atomic E-state index is 15.0. The quantitative estimate of drug-likeness (QED) is 0.459. The van der Waals surface area contributed by atoms with Crippen molar-refractivity contribution >= 4 is 29.2 Å². The van der Waals surface area contributed by atoms with E-state index in [9.17, 15) is 18.8 Å². The minimum absolute atomic E-state index is 0.0476. The minimum Gasteiger partial charge on any atom is -0.444 e. The number of carbonyl (C=O) groups excluding carboxylic acids is 1. The molecule has 0 unspecified atom stereocenters. The maximum absolute atomic E-state index is 15.0. The molecule has 3 heterocycles. The molecule has 0 radical (unpaired) electrons. The Hall–Kier alpha value is -3.72. The number of halogens is 2. The highest BCUT2D eigenvalue weighted by atomic mass is 19.1. The zero-order valence-electron chi connectivity index (χ0n) is 22.0. The average Bonchev–Trinajstić information content (AvgIpc) is 3.68. The second kappa shape index (κ2) is 11.3. The van der Waals surface area contributed by atoms with Crippen molar-refractivity contribution in [3.63, 3.8) is 0 Å². The summed E-state index contributed by atoms with van der Waals surface area (Å²) in [4.78, 5) is 22.6. The Kier molecular flexibility index (Phi) is 8.16. The number of nitrogens with one attached hydrogen (secondary N) is 3. The van der Waals surface area contributed by atoms with E-state index in [0.29, 0.717) is 26.3 Å². The van der Waals surface area contributed by atoms with Crippen LogP contribution in [0.25, 0.3) is 0 Å². The van der Waals surface area contributed by atoms with E-state index in [0.717, 1.165) is 18.9 Å². The number of hydrogen-bond donors (Lipinski definition) is 3. The van der Waals surface area contributed by atoms with E-state index in [-0.39, 0.29) is 40.7 Å². The fraction of sp³-hybridized carbons (Fsp3) is 0.538. The Balaban J connectivity index is 1.52. The fourth-order valence-corrected chi connectivity index (χ4v) is 4.26. The van der Waals surface area contributed by atoms with Crippen molar-refractivity contribution < 1.29 is 23.0 Å². The van der Waals surface area contributed by atoms with Gasteiger partial charge in [0, 0.05) is 25.2 Å². The van der Waals surface area contributed by atoms with Crippen LogP contribution < -0.4 is 20.9 Å². The molecule has 2 fully saturated rings. The summed E-state index contributed by atoms with van der Waals surface area (Å²) in [7, 11) is 0. The highest BCUT2D eigenvalue weighted by Crippen LogP contribution is 2.36. The second-order valence-corrected chi connectivity index (χ2v) is 10.5. The van der Waals surface area contributed by atoms with Crippen LogP contribution in [-0.2, 0) is 9.47 Å². The van der Waals surface area contributed by atoms with Gasteiger partial charge in [0.1, 0.15) is 11.7 Å². The molecule has 204 valence electrons. The number of alkyl carbamates (subject to hydrolysis) is 1. The zero-order chi connectivity index (χ0) is 27.4. The van der Waals surface area contributed by atoms with Crippen molar-refractivity contribution in [2.45, 2.75) is 58.2 Å². The fourth-order valence-electron chi connectivity index (χ4n) is 4.26. The molecule has 0 aromatic carbocycles. The number of ether oxygens (including phenoxy) is 2. The van der Waals surface area contributed by atoms with Gasteiger partial charge in [0.15, 0.2) is 29.1 Å². The molecule has 4 rings (SSSR count). The second-order valence-electron chi connectivity index (χ2n) is 10.5. The third-order valence-electron chi connectivity index (χ3n) is 6.21. The molecule has 1 saturated heterocycles. The highest BCUT2D eigenvalue weighted by molar-refractivity contribution is 5.68. The SMILES string of the molecule is C[C@H](NC(=O)OC(C)(C)C)[C@H](Nc1nc(Nc2cnc(N3CCOCC3)c(F)c2)c(C#N)cc1F)C1CC1. The van der Waals surface area contributed by atoms with E-state index in [1.165, 1.54) is 12.3 Å². The van der Waals surface area contributed by atoms with Crippen LogP contribution in [0.2, 0.25) is 0 Å². The number of hydrogen-bond acceptors (Lipinski definition) is 9. The van der Waals surface area contributed by atoms with Crippen molar-refractivity contribution in [3.05, 3.63) is 35.5 Å².